The van der Waals surface area contributed by atoms with Crippen molar-refractivity contribution in [3.63, 3.8) is 0 Å². The van der Waals surface area contributed by atoms with Gasteiger partial charge in [0.1, 0.15) is 12.7 Å². The molecule has 8 atom stereocenters. The van der Waals surface area contributed by atoms with E-state index in [-0.39, 0.29) is 11.5 Å². The van der Waals surface area contributed by atoms with Crippen molar-refractivity contribution in [1.82, 2.24) is 0 Å². The number of hydrogen-bond acceptors (Lipinski definition) is 3. The molecule has 0 unspecified atom stereocenters. The van der Waals surface area contributed by atoms with Crippen LogP contribution in [0.1, 0.15) is 139 Å². The molecule has 0 aromatic rings. The molecule has 4 aliphatic rings. The summed E-state index contributed by atoms with van der Waals surface area (Å²) in [4.78, 5) is 12.5. The zero-order valence-electron chi connectivity index (χ0n) is 27.9. The summed E-state index contributed by atoms with van der Waals surface area (Å²) < 4.78 is 11.3. The van der Waals surface area contributed by atoms with Crippen LogP contribution in [0.5, 0.6) is 0 Å². The van der Waals surface area contributed by atoms with Crippen molar-refractivity contribution < 1.29 is 14.3 Å². The molecule has 41 heavy (non-hydrogen) atoms. The van der Waals surface area contributed by atoms with Crippen LogP contribution < -0.4 is 0 Å². The van der Waals surface area contributed by atoms with Crippen LogP contribution in [0.25, 0.3) is 0 Å². The highest BCUT2D eigenvalue weighted by Gasteiger charge is 2.59. The number of fused-ring (bicyclic) bond motifs is 5. The number of hydrogen-bond donors (Lipinski definition) is 0. The van der Waals surface area contributed by atoms with Crippen LogP contribution >= 0.6 is 0 Å². The van der Waals surface area contributed by atoms with E-state index in [9.17, 15) is 4.79 Å². The quantitative estimate of drug-likeness (QED) is 0.184. The molecule has 0 aliphatic heterocycles. The second-order valence-corrected chi connectivity index (χ2v) is 15.7. The minimum Gasteiger partial charge on any atom is -0.431 e. The van der Waals surface area contributed by atoms with Crippen LogP contribution in [0.2, 0.25) is 0 Å². The van der Waals surface area contributed by atoms with Gasteiger partial charge in [0.25, 0.3) is 0 Å². The molecule has 0 bridgehead atoms. The van der Waals surface area contributed by atoms with E-state index in [0.717, 1.165) is 67.6 Å². The highest BCUT2D eigenvalue weighted by atomic mass is 16.7. The van der Waals surface area contributed by atoms with Crippen molar-refractivity contribution in [3.8, 4) is 0 Å². The maximum absolute atomic E-state index is 12.5. The Kier molecular flexibility index (Phi) is 10.9. The third-order valence-corrected chi connectivity index (χ3v) is 12.2. The van der Waals surface area contributed by atoms with E-state index in [0.29, 0.717) is 12.0 Å². The second-order valence-electron chi connectivity index (χ2n) is 15.7. The van der Waals surface area contributed by atoms with Crippen molar-refractivity contribution in [1.29, 1.82) is 0 Å². The average molecular weight is 567 g/mol. The standard InChI is InChI=1S/C38H62O3/c1-26(2)11-9-13-28(5)21-24-40-36(39)41-31-19-22-37(7)30(25-31)15-16-32-34-18-17-33(29(6)14-10-12-27(3)4)38(34,8)23-20-35(32)37/h11,15,21,27,29,31-35H,9-10,12-14,16-20,22-25H2,1-8H3/b28-21+/t29-,31-,32-,33+,34-,35-,37-,38+/m0/s1. The van der Waals surface area contributed by atoms with E-state index in [1.807, 2.05) is 6.08 Å². The summed E-state index contributed by atoms with van der Waals surface area (Å²) in [7, 11) is 0. The van der Waals surface area contributed by atoms with Gasteiger partial charge in [-0.25, -0.2) is 4.79 Å². The van der Waals surface area contributed by atoms with Gasteiger partial charge in [-0.15, -0.1) is 0 Å². The molecule has 3 nitrogen and oxygen atoms in total. The highest BCUT2D eigenvalue weighted by Crippen LogP contribution is 2.67. The molecule has 3 heteroatoms. The minimum absolute atomic E-state index is 0.0440. The van der Waals surface area contributed by atoms with E-state index in [1.165, 1.54) is 62.5 Å². The maximum atomic E-state index is 12.5. The third-order valence-electron chi connectivity index (χ3n) is 12.2. The van der Waals surface area contributed by atoms with Crippen LogP contribution in [0.3, 0.4) is 0 Å². The molecule has 0 saturated heterocycles. The molecular formula is C38H62O3. The van der Waals surface area contributed by atoms with Crippen LogP contribution in [-0.4, -0.2) is 18.9 Å². The monoisotopic (exact) mass is 566 g/mol. The van der Waals surface area contributed by atoms with E-state index in [4.69, 9.17) is 9.47 Å². The van der Waals surface area contributed by atoms with Crippen LogP contribution in [0.4, 0.5) is 4.79 Å². The van der Waals surface area contributed by atoms with Crippen molar-refractivity contribution in [2.75, 3.05) is 6.61 Å². The van der Waals surface area contributed by atoms with E-state index < -0.39 is 6.16 Å². The van der Waals surface area contributed by atoms with Gasteiger partial charge in [0.05, 0.1) is 0 Å². The first-order valence-electron chi connectivity index (χ1n) is 17.3. The van der Waals surface area contributed by atoms with Gasteiger partial charge in [-0.2, -0.15) is 0 Å². The minimum atomic E-state index is -0.505. The first-order chi connectivity index (χ1) is 19.4. The van der Waals surface area contributed by atoms with Crippen LogP contribution in [0.15, 0.2) is 34.9 Å². The van der Waals surface area contributed by atoms with Crippen molar-refractivity contribution in [2.24, 2.45) is 46.3 Å². The topological polar surface area (TPSA) is 35.5 Å². The number of carbonyl (C=O) groups excluding carboxylic acids is 1. The first kappa shape index (κ1) is 32.4. The molecule has 3 saturated carbocycles. The summed E-state index contributed by atoms with van der Waals surface area (Å²) in [6, 6.07) is 0. The van der Waals surface area contributed by atoms with Crippen LogP contribution in [-0.2, 0) is 9.47 Å². The Morgan fingerprint density at radius 3 is 2.51 bits per heavy atom. The van der Waals surface area contributed by atoms with Gasteiger partial charge in [-0.05, 0) is 131 Å². The zero-order chi connectivity index (χ0) is 29.8. The van der Waals surface area contributed by atoms with Crippen LogP contribution in [0, 0.1) is 46.3 Å². The molecule has 232 valence electrons. The Hall–Kier alpha value is -1.51. The largest absolute Gasteiger partial charge is 0.508 e. The Morgan fingerprint density at radius 1 is 1.00 bits per heavy atom. The number of rotatable bonds is 11. The predicted octanol–water partition coefficient (Wildman–Crippen LogP) is 11.2. The molecule has 4 rings (SSSR count). The lowest BCUT2D eigenvalue weighted by Gasteiger charge is -2.58. The smallest absolute Gasteiger partial charge is 0.431 e. The van der Waals surface area contributed by atoms with Gasteiger partial charge in [-0.1, -0.05) is 82.8 Å². The molecule has 0 amide bonds. The fraction of sp³-hybridized carbons (Fsp3) is 0.816. The molecular weight excluding hydrogens is 504 g/mol. The Morgan fingerprint density at radius 2 is 1.78 bits per heavy atom. The van der Waals surface area contributed by atoms with Gasteiger partial charge in [0, 0.05) is 6.42 Å². The summed E-state index contributed by atoms with van der Waals surface area (Å²) >= 11 is 0. The maximum Gasteiger partial charge on any atom is 0.508 e. The summed E-state index contributed by atoms with van der Waals surface area (Å²) in [5, 5.41) is 0. The number of allylic oxidation sites excluding steroid dienone is 4. The second kappa shape index (κ2) is 13.9. The normalized spacial score (nSPS) is 35.6. The van der Waals surface area contributed by atoms with E-state index in [1.54, 1.807) is 5.57 Å². The fourth-order valence-electron chi connectivity index (χ4n) is 9.87. The fourth-order valence-corrected chi connectivity index (χ4v) is 9.87. The van der Waals surface area contributed by atoms with E-state index in [2.05, 4.69) is 67.5 Å². The van der Waals surface area contributed by atoms with Gasteiger partial charge < -0.3 is 9.47 Å². The van der Waals surface area contributed by atoms with Crippen molar-refractivity contribution in [3.05, 3.63) is 34.9 Å². The lowest BCUT2D eigenvalue weighted by atomic mass is 9.47. The lowest BCUT2D eigenvalue weighted by molar-refractivity contribution is -0.0613. The SMILES string of the molecule is CC(C)=CCC/C(C)=C/COC(=O)O[C@H]1CC[C@@]2(C)C(=CC[C@H]3[C@@H]4CC[C@H]([C@@H](C)CCCC(C)C)[C@@]4(C)CC[C@@H]32)C1. The van der Waals surface area contributed by atoms with Gasteiger partial charge in [0.2, 0.25) is 0 Å². The van der Waals surface area contributed by atoms with Crippen molar-refractivity contribution >= 4 is 6.16 Å². The van der Waals surface area contributed by atoms with E-state index >= 15 is 0 Å². The Labute approximate surface area is 253 Å². The van der Waals surface area contributed by atoms with Crippen molar-refractivity contribution in [2.45, 2.75) is 145 Å². The highest BCUT2D eigenvalue weighted by molar-refractivity contribution is 5.60. The molecule has 0 aromatic heterocycles. The molecule has 0 N–H and O–H groups in total. The third kappa shape index (κ3) is 7.53. The zero-order valence-corrected chi connectivity index (χ0v) is 27.9. The molecule has 4 aliphatic carbocycles. The Balaban J connectivity index is 1.30. The Bertz CT molecular complexity index is 983. The van der Waals surface area contributed by atoms with Gasteiger partial charge in [-0.3, -0.25) is 0 Å². The lowest BCUT2D eigenvalue weighted by Crippen LogP contribution is -2.51. The first-order valence-corrected chi connectivity index (χ1v) is 17.3. The molecule has 0 radical (unpaired) electrons. The summed E-state index contributed by atoms with van der Waals surface area (Å²) in [5.41, 5.74) is 4.97. The van der Waals surface area contributed by atoms with Gasteiger partial charge in [0.15, 0.2) is 0 Å². The summed E-state index contributed by atoms with van der Waals surface area (Å²) in [5.74, 6) is 5.11. The number of ether oxygens (including phenoxy) is 2. The summed E-state index contributed by atoms with van der Waals surface area (Å²) in [6.45, 7) is 19.2. The van der Waals surface area contributed by atoms with Gasteiger partial charge >= 0.3 is 6.16 Å². The average Bonchev–Trinajstić information content (AvgIpc) is 3.25. The molecule has 0 aromatic carbocycles. The predicted molar refractivity (Wildman–Crippen MR) is 172 cm³/mol. The molecule has 0 spiro atoms. The summed E-state index contributed by atoms with van der Waals surface area (Å²) in [6.07, 6.45) is 22.4. The molecule has 3 fully saturated rings. The number of carbonyl (C=O) groups is 1. The molecule has 0 heterocycles.